The predicted octanol–water partition coefficient (Wildman–Crippen LogP) is 2.26. The maximum absolute atomic E-state index is 12.6. The molecule has 2 heterocycles. The molecule has 2 rings (SSSR count). The maximum Gasteiger partial charge on any atom is 0.328 e. The molecule has 4 atom stereocenters. The van der Waals surface area contributed by atoms with Crippen LogP contribution in [0.25, 0.3) is 0 Å². The van der Waals surface area contributed by atoms with Crippen molar-refractivity contribution < 1.29 is 28.6 Å². The topological polar surface area (TPSA) is 82.1 Å². The molecule has 7 heteroatoms. The number of fused-ring (bicyclic) bond motifs is 1. The lowest BCUT2D eigenvalue weighted by Gasteiger charge is -2.23. The first-order chi connectivity index (χ1) is 13.4. The zero-order valence-corrected chi connectivity index (χ0v) is 17.0. The van der Waals surface area contributed by atoms with Crippen LogP contribution in [-0.2, 0) is 28.6 Å². The first-order valence-corrected chi connectivity index (χ1v) is 9.90. The van der Waals surface area contributed by atoms with E-state index in [1.54, 1.807) is 24.2 Å². The van der Waals surface area contributed by atoms with Gasteiger partial charge in [0.2, 0.25) is 5.91 Å². The fraction of sp³-hybridized carbons (Fsp3) is 0.667. The van der Waals surface area contributed by atoms with E-state index in [0.717, 1.165) is 6.42 Å². The van der Waals surface area contributed by atoms with E-state index in [1.165, 1.54) is 0 Å². The molecule has 7 nitrogen and oxygen atoms in total. The Bertz CT molecular complexity index is 614. The molecule has 1 saturated heterocycles. The van der Waals surface area contributed by atoms with Gasteiger partial charge in [0.1, 0.15) is 12.6 Å². The Kier molecular flexibility index (Phi) is 8.70. The zero-order chi connectivity index (χ0) is 20.5. The first-order valence-electron chi connectivity index (χ1n) is 9.90. The van der Waals surface area contributed by atoms with E-state index in [0.29, 0.717) is 13.0 Å². The lowest BCUT2D eigenvalue weighted by molar-refractivity contribution is -0.153. The van der Waals surface area contributed by atoms with Crippen LogP contribution < -0.4 is 0 Å². The number of esters is 2. The lowest BCUT2D eigenvalue weighted by atomic mass is 10.0. The summed E-state index contributed by atoms with van der Waals surface area (Å²) in [6.07, 6.45) is 8.73. The van der Waals surface area contributed by atoms with Crippen molar-refractivity contribution in [2.24, 2.45) is 11.8 Å². The van der Waals surface area contributed by atoms with Gasteiger partial charge in [-0.05, 0) is 12.8 Å². The monoisotopic (exact) mass is 393 g/mol. The number of rotatable bonds is 1. The van der Waals surface area contributed by atoms with Gasteiger partial charge in [0.25, 0.3) is 0 Å². The molecule has 0 aliphatic carbocycles. The van der Waals surface area contributed by atoms with Crippen molar-refractivity contribution in [3.05, 3.63) is 24.3 Å². The van der Waals surface area contributed by atoms with E-state index in [-0.39, 0.29) is 61.8 Å². The minimum Gasteiger partial charge on any atom is -0.464 e. The van der Waals surface area contributed by atoms with Crippen LogP contribution in [0, 0.1) is 11.8 Å². The fourth-order valence-corrected chi connectivity index (χ4v) is 3.37. The molecular weight excluding hydrogens is 362 g/mol. The summed E-state index contributed by atoms with van der Waals surface area (Å²) < 4.78 is 16.1. The molecule has 2 aliphatic rings. The van der Waals surface area contributed by atoms with Gasteiger partial charge in [0.15, 0.2) is 0 Å². The van der Waals surface area contributed by atoms with Crippen molar-refractivity contribution in [2.45, 2.75) is 51.7 Å². The van der Waals surface area contributed by atoms with Gasteiger partial charge >= 0.3 is 11.9 Å². The number of cyclic esters (lactones) is 2. The van der Waals surface area contributed by atoms with Crippen LogP contribution in [-0.4, -0.2) is 61.8 Å². The number of methoxy groups -OCH3 is 1. The van der Waals surface area contributed by atoms with Crippen molar-refractivity contribution in [3.8, 4) is 0 Å². The van der Waals surface area contributed by atoms with Crippen LogP contribution in [0.2, 0.25) is 0 Å². The van der Waals surface area contributed by atoms with E-state index in [1.807, 2.05) is 26.0 Å². The summed E-state index contributed by atoms with van der Waals surface area (Å²) in [6, 6.07) is -0.505. The number of nitrogens with zero attached hydrogens (tertiary/aromatic N) is 1. The SMILES string of the molecule is CO[C@H]1COC(=O)CC=C[C@@H](C)COC(=O)[C@H]2CCCN2C(=O)CC=C[C@H]1C. The fourth-order valence-electron chi connectivity index (χ4n) is 3.37. The maximum atomic E-state index is 12.6. The average molecular weight is 393 g/mol. The van der Waals surface area contributed by atoms with Crippen LogP contribution in [0.15, 0.2) is 24.3 Å². The zero-order valence-electron chi connectivity index (χ0n) is 17.0. The third kappa shape index (κ3) is 6.48. The van der Waals surface area contributed by atoms with Crippen LogP contribution in [0.4, 0.5) is 0 Å². The van der Waals surface area contributed by atoms with Crippen LogP contribution in [0.3, 0.4) is 0 Å². The number of carbonyl (C=O) groups excluding carboxylic acids is 3. The molecule has 28 heavy (non-hydrogen) atoms. The van der Waals surface area contributed by atoms with Gasteiger partial charge in [-0.2, -0.15) is 0 Å². The highest BCUT2D eigenvalue weighted by Crippen LogP contribution is 2.20. The molecule has 0 bridgehead atoms. The minimum absolute atomic E-state index is 0.0283. The van der Waals surface area contributed by atoms with E-state index in [2.05, 4.69) is 0 Å². The quantitative estimate of drug-likeness (QED) is 0.502. The third-order valence-electron chi connectivity index (χ3n) is 5.11. The van der Waals surface area contributed by atoms with Gasteiger partial charge in [-0.25, -0.2) is 4.79 Å². The Hall–Kier alpha value is -2.15. The molecule has 0 aromatic rings. The molecule has 0 aromatic carbocycles. The summed E-state index contributed by atoms with van der Waals surface area (Å²) in [5.41, 5.74) is 0. The van der Waals surface area contributed by atoms with E-state index in [4.69, 9.17) is 14.2 Å². The van der Waals surface area contributed by atoms with Gasteiger partial charge < -0.3 is 19.1 Å². The minimum atomic E-state index is -0.505. The second-order valence-corrected chi connectivity index (χ2v) is 7.43. The van der Waals surface area contributed by atoms with Gasteiger partial charge in [-0.1, -0.05) is 38.2 Å². The summed E-state index contributed by atoms with van der Waals surface area (Å²) >= 11 is 0. The second kappa shape index (κ2) is 11.0. The summed E-state index contributed by atoms with van der Waals surface area (Å²) in [4.78, 5) is 38.5. The highest BCUT2D eigenvalue weighted by molar-refractivity contribution is 5.85. The largest absolute Gasteiger partial charge is 0.464 e. The number of hydrogen-bond donors (Lipinski definition) is 0. The van der Waals surface area contributed by atoms with Gasteiger partial charge in [0, 0.05) is 31.9 Å². The van der Waals surface area contributed by atoms with Gasteiger partial charge in [-0.15, -0.1) is 0 Å². The van der Waals surface area contributed by atoms with Crippen LogP contribution in [0.5, 0.6) is 0 Å². The van der Waals surface area contributed by atoms with Crippen molar-refractivity contribution in [1.82, 2.24) is 4.90 Å². The number of hydrogen-bond acceptors (Lipinski definition) is 6. The van der Waals surface area contributed by atoms with Crippen LogP contribution >= 0.6 is 0 Å². The molecule has 156 valence electrons. The highest BCUT2D eigenvalue weighted by atomic mass is 16.6. The standard InChI is InChI=1S/C21H31NO6/c1-15-7-4-11-20(24)27-14-18(26-3)16(2)8-5-10-19(23)22-12-6-9-17(22)21(25)28-13-15/h4-5,7-8,15-18H,6,9-14H2,1-3H3/t15-,16-,17-,18+/m1/s1. The Balaban J connectivity index is 2.11. The number of ether oxygens (including phenoxy) is 3. The number of amides is 1. The molecule has 0 saturated carbocycles. The molecule has 0 aromatic heterocycles. The van der Waals surface area contributed by atoms with Crippen molar-refractivity contribution in [2.75, 3.05) is 26.9 Å². The van der Waals surface area contributed by atoms with Gasteiger partial charge in [0.05, 0.1) is 19.1 Å². The summed E-state index contributed by atoms with van der Waals surface area (Å²) in [5.74, 6) is -0.840. The van der Waals surface area contributed by atoms with E-state index >= 15 is 0 Å². The normalized spacial score (nSPS) is 31.0. The second-order valence-electron chi connectivity index (χ2n) is 7.43. The average Bonchev–Trinajstić information content (AvgIpc) is 3.16. The van der Waals surface area contributed by atoms with Crippen molar-refractivity contribution in [3.63, 3.8) is 0 Å². The molecule has 2 aliphatic heterocycles. The molecule has 1 fully saturated rings. The smallest absolute Gasteiger partial charge is 0.328 e. The predicted molar refractivity (Wildman–Crippen MR) is 103 cm³/mol. The number of carbonyl (C=O) groups is 3. The molecule has 0 unspecified atom stereocenters. The molecular formula is C21H31NO6. The van der Waals surface area contributed by atoms with E-state index < -0.39 is 6.04 Å². The van der Waals surface area contributed by atoms with Crippen LogP contribution in [0.1, 0.15) is 39.5 Å². The highest BCUT2D eigenvalue weighted by Gasteiger charge is 2.34. The summed E-state index contributed by atoms with van der Waals surface area (Å²) in [5, 5.41) is 0. The molecule has 1 amide bonds. The Morgan fingerprint density at radius 3 is 2.54 bits per heavy atom. The summed E-state index contributed by atoms with van der Waals surface area (Å²) in [7, 11) is 1.57. The van der Waals surface area contributed by atoms with E-state index in [9.17, 15) is 14.4 Å². The van der Waals surface area contributed by atoms with Gasteiger partial charge in [-0.3, -0.25) is 9.59 Å². The first kappa shape index (κ1) is 22.1. The van der Waals surface area contributed by atoms with Crippen molar-refractivity contribution in [1.29, 1.82) is 0 Å². The Morgan fingerprint density at radius 2 is 1.79 bits per heavy atom. The third-order valence-corrected chi connectivity index (χ3v) is 5.11. The Labute approximate surface area is 166 Å². The Morgan fingerprint density at radius 1 is 1.04 bits per heavy atom. The van der Waals surface area contributed by atoms with Crippen molar-refractivity contribution >= 4 is 17.8 Å². The molecule has 0 spiro atoms. The summed E-state index contributed by atoms with van der Waals surface area (Å²) in [6.45, 7) is 4.79. The molecule has 0 N–H and O–H groups in total. The molecule has 0 radical (unpaired) electrons. The lowest BCUT2D eigenvalue weighted by Crippen LogP contribution is -2.41.